The maximum Gasteiger partial charge on any atom is 0.354 e. The van der Waals surface area contributed by atoms with E-state index in [9.17, 15) is 9.18 Å². The predicted octanol–water partition coefficient (Wildman–Crippen LogP) is 4.77. The summed E-state index contributed by atoms with van der Waals surface area (Å²) in [6.45, 7) is 3.03. The lowest BCUT2D eigenvalue weighted by Crippen LogP contribution is -2.36. The van der Waals surface area contributed by atoms with Crippen LogP contribution in [0.1, 0.15) is 34.5 Å². The minimum atomic E-state index is -1.00. The van der Waals surface area contributed by atoms with E-state index in [2.05, 4.69) is 16.0 Å². The Morgan fingerprint density at radius 1 is 1.10 bits per heavy atom. The first-order chi connectivity index (χ1) is 15.1. The Morgan fingerprint density at radius 2 is 1.84 bits per heavy atom. The van der Waals surface area contributed by atoms with Crippen LogP contribution in [0.3, 0.4) is 0 Å². The zero-order valence-electron chi connectivity index (χ0n) is 17.2. The van der Waals surface area contributed by atoms with Gasteiger partial charge in [0.1, 0.15) is 11.5 Å². The van der Waals surface area contributed by atoms with E-state index in [0.29, 0.717) is 13.2 Å². The average Bonchev–Trinajstić information content (AvgIpc) is 2.80. The third-order valence-electron chi connectivity index (χ3n) is 5.63. The molecule has 31 heavy (non-hydrogen) atoms. The smallest absolute Gasteiger partial charge is 0.354 e. The molecule has 0 atom stereocenters. The van der Waals surface area contributed by atoms with Crippen molar-refractivity contribution >= 4 is 5.97 Å². The van der Waals surface area contributed by atoms with Gasteiger partial charge in [-0.2, -0.15) is 0 Å². The van der Waals surface area contributed by atoms with Gasteiger partial charge in [-0.25, -0.2) is 14.2 Å². The number of pyridine rings is 1. The third-order valence-corrected chi connectivity index (χ3v) is 5.63. The fraction of sp³-hybridized carbons (Fsp3) is 0.280. The Hall–Kier alpha value is -3.09. The maximum absolute atomic E-state index is 13.3. The minimum absolute atomic E-state index is 0.0792. The molecule has 0 spiro atoms. The number of carboxylic acid groups (broad SMARTS) is 1. The minimum Gasteiger partial charge on any atom is -0.477 e. The quantitative estimate of drug-likeness (QED) is 0.597. The van der Waals surface area contributed by atoms with Gasteiger partial charge in [0.25, 0.3) is 0 Å². The zero-order chi connectivity index (χ0) is 21.6. The lowest BCUT2D eigenvalue weighted by Gasteiger charge is -2.32. The number of rotatable bonds is 7. The van der Waals surface area contributed by atoms with Crippen LogP contribution in [0.2, 0.25) is 0 Å². The highest BCUT2D eigenvalue weighted by Gasteiger charge is 2.20. The van der Waals surface area contributed by atoms with E-state index in [1.165, 1.54) is 12.1 Å². The summed E-state index contributed by atoms with van der Waals surface area (Å²) in [7, 11) is 0. The number of carbonyl (C=O) groups is 1. The van der Waals surface area contributed by atoms with E-state index in [1.807, 2.05) is 24.3 Å². The highest BCUT2D eigenvalue weighted by molar-refractivity contribution is 5.85. The number of aromatic carboxylic acids is 1. The van der Waals surface area contributed by atoms with E-state index in [0.717, 1.165) is 48.2 Å². The van der Waals surface area contributed by atoms with Crippen LogP contribution in [0.4, 0.5) is 4.39 Å². The highest BCUT2D eigenvalue weighted by Crippen LogP contribution is 2.26. The topological polar surface area (TPSA) is 62.7 Å². The highest BCUT2D eigenvalue weighted by atomic mass is 19.1. The van der Waals surface area contributed by atoms with Crippen molar-refractivity contribution in [3.8, 4) is 11.1 Å². The predicted molar refractivity (Wildman–Crippen MR) is 116 cm³/mol. The first-order valence-corrected chi connectivity index (χ1v) is 10.4. The Kier molecular flexibility index (Phi) is 6.70. The molecule has 0 unspecified atom stereocenters. The van der Waals surface area contributed by atoms with Crippen LogP contribution in [0.25, 0.3) is 11.1 Å². The van der Waals surface area contributed by atoms with Crippen LogP contribution < -0.4 is 0 Å². The zero-order valence-corrected chi connectivity index (χ0v) is 17.2. The van der Waals surface area contributed by atoms with Gasteiger partial charge in [-0.3, -0.25) is 4.90 Å². The van der Waals surface area contributed by atoms with Gasteiger partial charge in [-0.1, -0.05) is 36.4 Å². The molecule has 1 fully saturated rings. The first-order valence-electron chi connectivity index (χ1n) is 10.4. The van der Waals surface area contributed by atoms with Crippen LogP contribution in [0.5, 0.6) is 0 Å². The SMILES string of the molecule is O=C(O)c1cc(CN2CCC(OCc3ccccc3-c3ccc(F)cc3)CC2)ccn1. The van der Waals surface area contributed by atoms with Crippen molar-refractivity contribution in [3.05, 3.63) is 89.5 Å². The monoisotopic (exact) mass is 420 g/mol. The second-order valence-corrected chi connectivity index (χ2v) is 7.81. The molecule has 5 nitrogen and oxygen atoms in total. The summed E-state index contributed by atoms with van der Waals surface area (Å²) in [6, 6.07) is 18.1. The number of benzene rings is 2. The van der Waals surface area contributed by atoms with E-state index in [-0.39, 0.29) is 17.6 Å². The summed E-state index contributed by atoms with van der Waals surface area (Å²) in [5, 5.41) is 9.10. The molecule has 1 saturated heterocycles. The van der Waals surface area contributed by atoms with Gasteiger partial charge >= 0.3 is 5.97 Å². The van der Waals surface area contributed by atoms with Gasteiger partial charge in [-0.15, -0.1) is 0 Å². The van der Waals surface area contributed by atoms with Crippen molar-refractivity contribution in [2.24, 2.45) is 0 Å². The molecule has 2 aromatic carbocycles. The number of nitrogens with zero attached hydrogens (tertiary/aromatic N) is 2. The van der Waals surface area contributed by atoms with Crippen molar-refractivity contribution < 1.29 is 19.0 Å². The third kappa shape index (κ3) is 5.54. The van der Waals surface area contributed by atoms with Crippen LogP contribution in [0.15, 0.2) is 66.9 Å². The van der Waals surface area contributed by atoms with E-state index in [1.54, 1.807) is 24.4 Å². The normalized spacial score (nSPS) is 15.1. The van der Waals surface area contributed by atoms with Crippen LogP contribution in [-0.2, 0) is 17.9 Å². The number of halogens is 1. The molecule has 3 aromatic rings. The molecule has 0 bridgehead atoms. The van der Waals surface area contributed by atoms with Gasteiger partial charge < -0.3 is 9.84 Å². The Morgan fingerprint density at radius 3 is 2.58 bits per heavy atom. The van der Waals surface area contributed by atoms with Crippen molar-refractivity contribution in [1.29, 1.82) is 0 Å². The van der Waals surface area contributed by atoms with Gasteiger partial charge in [0.05, 0.1) is 12.7 Å². The van der Waals surface area contributed by atoms with E-state index >= 15 is 0 Å². The molecular weight excluding hydrogens is 395 g/mol. The van der Waals surface area contributed by atoms with Gasteiger partial charge in [0.2, 0.25) is 0 Å². The number of likely N-dealkylation sites (tertiary alicyclic amines) is 1. The number of piperidine rings is 1. The Balaban J connectivity index is 1.31. The lowest BCUT2D eigenvalue weighted by molar-refractivity contribution is -0.00377. The molecule has 2 heterocycles. The molecule has 0 aliphatic carbocycles. The molecule has 0 saturated carbocycles. The summed E-state index contributed by atoms with van der Waals surface area (Å²) in [4.78, 5) is 17.3. The summed E-state index contributed by atoms with van der Waals surface area (Å²) in [6.07, 6.45) is 3.59. The summed E-state index contributed by atoms with van der Waals surface area (Å²) < 4.78 is 19.5. The largest absolute Gasteiger partial charge is 0.477 e. The second-order valence-electron chi connectivity index (χ2n) is 7.81. The van der Waals surface area contributed by atoms with Crippen molar-refractivity contribution in [2.75, 3.05) is 13.1 Å². The number of hydrogen-bond acceptors (Lipinski definition) is 4. The summed E-state index contributed by atoms with van der Waals surface area (Å²) in [5.41, 5.74) is 4.17. The summed E-state index contributed by atoms with van der Waals surface area (Å²) >= 11 is 0. The van der Waals surface area contributed by atoms with Gasteiger partial charge in [0.15, 0.2) is 0 Å². The Bertz CT molecular complexity index is 1030. The van der Waals surface area contributed by atoms with Gasteiger partial charge in [-0.05, 0) is 59.4 Å². The fourth-order valence-electron chi connectivity index (χ4n) is 3.95. The standard InChI is InChI=1S/C25H25FN2O3/c26-21-7-5-19(6-8-21)23-4-2-1-3-20(23)17-31-22-10-13-28(14-11-22)16-18-9-12-27-24(15-18)25(29)30/h1-9,12,15,22H,10-11,13-14,16-17H2,(H,29,30). The molecule has 6 heteroatoms. The van der Waals surface area contributed by atoms with Crippen molar-refractivity contribution in [2.45, 2.75) is 32.1 Å². The maximum atomic E-state index is 13.3. The number of carboxylic acids is 1. The number of aromatic nitrogens is 1. The molecular formula is C25H25FN2O3. The second kappa shape index (κ2) is 9.81. The molecule has 0 radical (unpaired) electrons. The van der Waals surface area contributed by atoms with Crippen LogP contribution >= 0.6 is 0 Å². The van der Waals surface area contributed by atoms with Gasteiger partial charge in [0, 0.05) is 25.8 Å². The molecule has 1 aliphatic rings. The number of ether oxygens (including phenoxy) is 1. The average molecular weight is 420 g/mol. The first kappa shape index (κ1) is 21.2. The Labute approximate surface area is 181 Å². The molecule has 4 rings (SSSR count). The molecule has 1 N–H and O–H groups in total. The van der Waals surface area contributed by atoms with Crippen molar-refractivity contribution in [3.63, 3.8) is 0 Å². The molecule has 1 aromatic heterocycles. The van der Waals surface area contributed by atoms with E-state index < -0.39 is 5.97 Å². The fourth-order valence-corrected chi connectivity index (χ4v) is 3.95. The van der Waals surface area contributed by atoms with E-state index in [4.69, 9.17) is 9.84 Å². The number of hydrogen-bond donors (Lipinski definition) is 1. The molecule has 0 amide bonds. The van der Waals surface area contributed by atoms with Crippen LogP contribution in [0, 0.1) is 5.82 Å². The van der Waals surface area contributed by atoms with Crippen molar-refractivity contribution in [1.82, 2.24) is 9.88 Å². The van der Waals surface area contributed by atoms with Crippen LogP contribution in [-0.4, -0.2) is 40.2 Å². The summed E-state index contributed by atoms with van der Waals surface area (Å²) in [5.74, 6) is -1.25. The lowest BCUT2D eigenvalue weighted by atomic mass is 10.00. The molecule has 1 aliphatic heterocycles. The molecule has 160 valence electrons.